The van der Waals surface area contributed by atoms with Crippen LogP contribution in [0.4, 0.5) is 0 Å². The summed E-state index contributed by atoms with van der Waals surface area (Å²) in [5.74, 6) is 0.179. The molecule has 16 heavy (non-hydrogen) atoms. The van der Waals surface area contributed by atoms with Gasteiger partial charge in [0.2, 0.25) is 0 Å². The topological polar surface area (TPSA) is 41.5 Å². The molecule has 3 nitrogen and oxygen atoms in total. The van der Waals surface area contributed by atoms with Gasteiger partial charge in [-0.05, 0) is 31.9 Å². The molecule has 0 saturated carbocycles. The van der Waals surface area contributed by atoms with Gasteiger partial charge in [0.1, 0.15) is 0 Å². The fourth-order valence-electron chi connectivity index (χ4n) is 1.04. The average molecular weight is 218 g/mol. The molecule has 0 aliphatic heterocycles. The van der Waals surface area contributed by atoms with Crippen LogP contribution < -0.4 is 5.43 Å². The monoisotopic (exact) mass is 218 g/mol. The fourth-order valence-corrected chi connectivity index (χ4v) is 1.04. The van der Waals surface area contributed by atoms with Gasteiger partial charge in [0.15, 0.2) is 0 Å². The Labute approximate surface area is 96.6 Å². The highest BCUT2D eigenvalue weighted by molar-refractivity contribution is 5.95. The summed E-state index contributed by atoms with van der Waals surface area (Å²) in [6.07, 6.45) is 0. The molecule has 1 amide bonds. The van der Waals surface area contributed by atoms with Crippen LogP contribution in [0.1, 0.15) is 36.7 Å². The van der Waals surface area contributed by atoms with Crippen molar-refractivity contribution in [1.29, 1.82) is 0 Å². The minimum absolute atomic E-state index is 0.167. The number of hydrazone groups is 1. The lowest BCUT2D eigenvalue weighted by Crippen LogP contribution is -2.20. The Hall–Kier alpha value is -1.64. The van der Waals surface area contributed by atoms with Crippen LogP contribution in [0, 0.1) is 12.8 Å². The maximum atomic E-state index is 11.7. The highest BCUT2D eigenvalue weighted by Gasteiger charge is 2.04. The molecule has 0 heterocycles. The smallest absolute Gasteiger partial charge is 0.267 e. The predicted octanol–water partition coefficient (Wildman–Crippen LogP) is 2.76. The molecule has 0 fully saturated rings. The standard InChI is InChI=1S/C13H18N2O/c1-9(2)11(4)14-15-13(16)12-7-5-10(3)6-8-12/h5-9H,1-4H3,(H,15,16)/b14-11+. The normalized spacial score (nSPS) is 11.7. The predicted molar refractivity (Wildman–Crippen MR) is 66.6 cm³/mol. The molecular formula is C13H18N2O. The fraction of sp³-hybridized carbons (Fsp3) is 0.385. The number of aryl methyl sites for hydroxylation is 1. The van der Waals surface area contributed by atoms with E-state index in [9.17, 15) is 4.79 Å². The van der Waals surface area contributed by atoms with Crippen molar-refractivity contribution < 1.29 is 4.79 Å². The molecule has 1 rings (SSSR count). The number of hydrogen-bond acceptors (Lipinski definition) is 2. The number of carbonyl (C=O) groups excluding carboxylic acids is 1. The molecule has 0 aliphatic carbocycles. The van der Waals surface area contributed by atoms with Gasteiger partial charge in [-0.25, -0.2) is 5.43 Å². The first-order valence-corrected chi connectivity index (χ1v) is 5.42. The van der Waals surface area contributed by atoms with E-state index in [1.807, 2.05) is 39.8 Å². The number of carbonyl (C=O) groups is 1. The quantitative estimate of drug-likeness (QED) is 0.615. The zero-order chi connectivity index (χ0) is 12.1. The third-order valence-electron chi connectivity index (χ3n) is 2.48. The Morgan fingerprint density at radius 1 is 1.25 bits per heavy atom. The van der Waals surface area contributed by atoms with Gasteiger partial charge < -0.3 is 0 Å². The minimum Gasteiger partial charge on any atom is -0.267 e. The van der Waals surface area contributed by atoms with Gasteiger partial charge >= 0.3 is 0 Å². The van der Waals surface area contributed by atoms with Crippen molar-refractivity contribution in [3.63, 3.8) is 0 Å². The van der Waals surface area contributed by atoms with E-state index in [1.54, 1.807) is 12.1 Å². The molecule has 0 aliphatic rings. The zero-order valence-electron chi connectivity index (χ0n) is 10.2. The van der Waals surface area contributed by atoms with Crippen LogP contribution in [0.3, 0.4) is 0 Å². The SMILES string of the molecule is C/C(=N\NC(=O)c1ccc(C)cc1)C(C)C. The summed E-state index contributed by atoms with van der Waals surface area (Å²) in [5, 5.41) is 4.04. The molecule has 1 N–H and O–H groups in total. The van der Waals surface area contributed by atoms with E-state index in [2.05, 4.69) is 10.5 Å². The van der Waals surface area contributed by atoms with Crippen LogP contribution >= 0.6 is 0 Å². The van der Waals surface area contributed by atoms with Crippen molar-refractivity contribution in [2.45, 2.75) is 27.7 Å². The molecule has 0 atom stereocenters. The average Bonchev–Trinajstić information content (AvgIpc) is 2.26. The number of amides is 1. The zero-order valence-corrected chi connectivity index (χ0v) is 10.2. The van der Waals surface area contributed by atoms with Crippen LogP contribution in [0.5, 0.6) is 0 Å². The Balaban J connectivity index is 2.66. The number of rotatable bonds is 3. The van der Waals surface area contributed by atoms with Gasteiger partial charge in [0.05, 0.1) is 0 Å². The number of nitrogens with zero attached hydrogens (tertiary/aromatic N) is 1. The summed E-state index contributed by atoms with van der Waals surface area (Å²) in [4.78, 5) is 11.7. The van der Waals surface area contributed by atoms with Gasteiger partial charge in [-0.2, -0.15) is 5.10 Å². The van der Waals surface area contributed by atoms with E-state index in [-0.39, 0.29) is 5.91 Å². The lowest BCUT2D eigenvalue weighted by molar-refractivity contribution is 0.0954. The summed E-state index contributed by atoms with van der Waals surface area (Å²) in [5.41, 5.74) is 5.23. The van der Waals surface area contributed by atoms with E-state index in [0.717, 1.165) is 11.3 Å². The number of benzene rings is 1. The maximum absolute atomic E-state index is 11.7. The van der Waals surface area contributed by atoms with E-state index < -0.39 is 0 Å². The molecule has 0 saturated heterocycles. The first kappa shape index (κ1) is 12.4. The van der Waals surface area contributed by atoms with E-state index in [4.69, 9.17) is 0 Å². The van der Waals surface area contributed by atoms with Crippen molar-refractivity contribution in [3.05, 3.63) is 35.4 Å². The molecule has 86 valence electrons. The van der Waals surface area contributed by atoms with E-state index in [1.165, 1.54) is 0 Å². The second-order valence-corrected chi connectivity index (χ2v) is 4.21. The summed E-state index contributed by atoms with van der Waals surface area (Å²) in [6, 6.07) is 7.41. The first-order chi connectivity index (χ1) is 7.50. The lowest BCUT2D eigenvalue weighted by atomic mass is 10.1. The van der Waals surface area contributed by atoms with Crippen molar-refractivity contribution >= 4 is 11.6 Å². The highest BCUT2D eigenvalue weighted by atomic mass is 16.2. The van der Waals surface area contributed by atoms with Crippen molar-refractivity contribution in [2.75, 3.05) is 0 Å². The first-order valence-electron chi connectivity index (χ1n) is 5.42. The summed E-state index contributed by atoms with van der Waals surface area (Å²) in [7, 11) is 0. The van der Waals surface area contributed by atoms with Gasteiger partial charge in [0, 0.05) is 11.3 Å². The third kappa shape index (κ3) is 3.50. The molecule has 3 heteroatoms. The van der Waals surface area contributed by atoms with Gasteiger partial charge in [-0.3, -0.25) is 4.79 Å². The Bertz CT molecular complexity index is 391. The summed E-state index contributed by atoms with van der Waals surface area (Å²) in [6.45, 7) is 7.97. The maximum Gasteiger partial charge on any atom is 0.271 e. The van der Waals surface area contributed by atoms with Gasteiger partial charge in [0.25, 0.3) is 5.91 Å². The third-order valence-corrected chi connectivity index (χ3v) is 2.48. The second kappa shape index (κ2) is 5.45. The lowest BCUT2D eigenvalue weighted by Gasteiger charge is -2.05. The van der Waals surface area contributed by atoms with Crippen LogP contribution in [0.15, 0.2) is 29.4 Å². The van der Waals surface area contributed by atoms with Crippen molar-refractivity contribution in [2.24, 2.45) is 11.0 Å². The largest absolute Gasteiger partial charge is 0.271 e. The minimum atomic E-state index is -0.167. The highest BCUT2D eigenvalue weighted by Crippen LogP contribution is 2.03. The molecule has 0 unspecified atom stereocenters. The summed E-state index contributed by atoms with van der Waals surface area (Å²) >= 11 is 0. The van der Waals surface area contributed by atoms with Crippen molar-refractivity contribution in [3.8, 4) is 0 Å². The molecule has 0 spiro atoms. The summed E-state index contributed by atoms with van der Waals surface area (Å²) < 4.78 is 0. The molecule has 0 aromatic heterocycles. The molecule has 0 radical (unpaired) electrons. The van der Waals surface area contributed by atoms with E-state index >= 15 is 0 Å². The Morgan fingerprint density at radius 3 is 2.31 bits per heavy atom. The van der Waals surface area contributed by atoms with E-state index in [0.29, 0.717) is 11.5 Å². The molecule has 0 bridgehead atoms. The van der Waals surface area contributed by atoms with Gasteiger partial charge in [-0.1, -0.05) is 31.5 Å². The Kier molecular flexibility index (Phi) is 4.23. The number of nitrogens with one attached hydrogen (secondary N) is 1. The molecule has 1 aromatic carbocycles. The van der Waals surface area contributed by atoms with Crippen LogP contribution in [0.25, 0.3) is 0 Å². The van der Waals surface area contributed by atoms with Crippen LogP contribution in [0.2, 0.25) is 0 Å². The molecule has 1 aromatic rings. The Morgan fingerprint density at radius 2 is 1.81 bits per heavy atom. The molecular weight excluding hydrogens is 200 g/mol. The number of hydrogen-bond donors (Lipinski definition) is 1. The van der Waals surface area contributed by atoms with Gasteiger partial charge in [-0.15, -0.1) is 0 Å². The van der Waals surface area contributed by atoms with Crippen LogP contribution in [-0.4, -0.2) is 11.6 Å². The second-order valence-electron chi connectivity index (χ2n) is 4.21. The van der Waals surface area contributed by atoms with Crippen LogP contribution in [-0.2, 0) is 0 Å². The van der Waals surface area contributed by atoms with Crippen molar-refractivity contribution in [1.82, 2.24) is 5.43 Å².